The number of nitrogens with one attached hydrogen (secondary N) is 1. The Hall–Kier alpha value is -1.02. The molecule has 0 fully saturated rings. The number of fused-ring (bicyclic) bond motifs is 1. The molecule has 1 N–H and O–H groups in total. The molecule has 1 heterocycles. The number of hydrogen-bond acceptors (Lipinski definition) is 2. The van der Waals surface area contributed by atoms with Gasteiger partial charge in [0, 0.05) is 18.0 Å². The van der Waals surface area contributed by atoms with Crippen LogP contribution in [0.5, 0.6) is 5.75 Å². The standard InChI is InChI=1S/C14H21NO/c1-3-9-15-13(4-2)12-7-5-6-11-8-10-16-14(11)12/h5-7,13,15H,3-4,8-10H2,1-2H3. The minimum absolute atomic E-state index is 0.438. The summed E-state index contributed by atoms with van der Waals surface area (Å²) in [6.07, 6.45) is 3.35. The van der Waals surface area contributed by atoms with Gasteiger partial charge in [0.05, 0.1) is 6.61 Å². The van der Waals surface area contributed by atoms with Crippen LogP contribution in [0.3, 0.4) is 0 Å². The van der Waals surface area contributed by atoms with Gasteiger partial charge in [-0.1, -0.05) is 32.0 Å². The lowest BCUT2D eigenvalue weighted by molar-refractivity contribution is 0.347. The first-order valence-corrected chi connectivity index (χ1v) is 6.34. The molecule has 0 saturated carbocycles. The van der Waals surface area contributed by atoms with Gasteiger partial charge < -0.3 is 10.1 Å². The molecule has 0 radical (unpaired) electrons. The van der Waals surface area contributed by atoms with Gasteiger partial charge in [0.1, 0.15) is 5.75 Å². The lowest BCUT2D eigenvalue weighted by Crippen LogP contribution is -2.21. The largest absolute Gasteiger partial charge is 0.493 e. The summed E-state index contributed by atoms with van der Waals surface area (Å²) in [6.45, 7) is 6.34. The Morgan fingerprint density at radius 2 is 2.25 bits per heavy atom. The van der Waals surface area contributed by atoms with Crippen LogP contribution in [0.2, 0.25) is 0 Å². The van der Waals surface area contributed by atoms with Crippen LogP contribution in [0.15, 0.2) is 18.2 Å². The van der Waals surface area contributed by atoms with E-state index in [4.69, 9.17) is 4.74 Å². The van der Waals surface area contributed by atoms with Crippen molar-refractivity contribution in [1.29, 1.82) is 0 Å². The highest BCUT2D eigenvalue weighted by molar-refractivity contribution is 5.45. The van der Waals surface area contributed by atoms with Crippen molar-refractivity contribution < 1.29 is 4.74 Å². The van der Waals surface area contributed by atoms with E-state index in [0.29, 0.717) is 6.04 Å². The first-order chi connectivity index (χ1) is 7.86. The number of para-hydroxylation sites is 1. The quantitative estimate of drug-likeness (QED) is 0.821. The van der Waals surface area contributed by atoms with E-state index in [-0.39, 0.29) is 0 Å². The molecule has 0 aromatic heterocycles. The van der Waals surface area contributed by atoms with Crippen molar-refractivity contribution in [3.05, 3.63) is 29.3 Å². The first-order valence-electron chi connectivity index (χ1n) is 6.34. The van der Waals surface area contributed by atoms with Crippen molar-refractivity contribution in [2.45, 2.75) is 39.2 Å². The Morgan fingerprint density at radius 1 is 1.38 bits per heavy atom. The van der Waals surface area contributed by atoms with Crippen LogP contribution in [0.4, 0.5) is 0 Å². The second kappa shape index (κ2) is 5.35. The fraction of sp³-hybridized carbons (Fsp3) is 0.571. The molecule has 1 aromatic carbocycles. The lowest BCUT2D eigenvalue weighted by atomic mass is 10.00. The zero-order valence-electron chi connectivity index (χ0n) is 10.3. The van der Waals surface area contributed by atoms with Crippen molar-refractivity contribution >= 4 is 0 Å². The zero-order valence-corrected chi connectivity index (χ0v) is 10.3. The van der Waals surface area contributed by atoms with Crippen LogP contribution in [0, 0.1) is 0 Å². The van der Waals surface area contributed by atoms with Gasteiger partial charge in [0.2, 0.25) is 0 Å². The average Bonchev–Trinajstić information content (AvgIpc) is 2.78. The Morgan fingerprint density at radius 3 is 3.00 bits per heavy atom. The molecule has 16 heavy (non-hydrogen) atoms. The molecular formula is C14H21NO. The summed E-state index contributed by atoms with van der Waals surface area (Å²) in [6, 6.07) is 6.96. The molecule has 2 nitrogen and oxygen atoms in total. The van der Waals surface area contributed by atoms with E-state index in [1.54, 1.807) is 0 Å². The minimum atomic E-state index is 0.438. The number of benzene rings is 1. The van der Waals surface area contributed by atoms with Gasteiger partial charge in [-0.05, 0) is 24.9 Å². The third-order valence-corrected chi connectivity index (χ3v) is 3.17. The molecule has 1 atom stereocenters. The fourth-order valence-corrected chi connectivity index (χ4v) is 2.31. The van der Waals surface area contributed by atoms with E-state index in [2.05, 4.69) is 37.4 Å². The molecule has 88 valence electrons. The molecule has 1 aliphatic rings. The number of ether oxygens (including phenoxy) is 1. The predicted octanol–water partition coefficient (Wildman–Crippen LogP) is 3.07. The second-order valence-electron chi connectivity index (χ2n) is 4.35. The van der Waals surface area contributed by atoms with Crippen LogP contribution in [-0.2, 0) is 6.42 Å². The summed E-state index contributed by atoms with van der Waals surface area (Å²) in [4.78, 5) is 0. The maximum atomic E-state index is 5.75. The van der Waals surface area contributed by atoms with E-state index in [9.17, 15) is 0 Å². The summed E-state index contributed by atoms with van der Waals surface area (Å²) in [5, 5.41) is 3.59. The zero-order chi connectivity index (χ0) is 11.4. The average molecular weight is 219 g/mol. The van der Waals surface area contributed by atoms with Crippen molar-refractivity contribution in [3.63, 3.8) is 0 Å². The van der Waals surface area contributed by atoms with Gasteiger partial charge in [-0.15, -0.1) is 0 Å². The van der Waals surface area contributed by atoms with Crippen LogP contribution < -0.4 is 10.1 Å². The van der Waals surface area contributed by atoms with Gasteiger partial charge in [-0.2, -0.15) is 0 Å². The predicted molar refractivity (Wildman–Crippen MR) is 67.0 cm³/mol. The summed E-state index contributed by atoms with van der Waals surface area (Å²) >= 11 is 0. The van der Waals surface area contributed by atoms with Crippen LogP contribution in [-0.4, -0.2) is 13.2 Å². The normalized spacial score (nSPS) is 15.6. The van der Waals surface area contributed by atoms with E-state index in [0.717, 1.165) is 31.7 Å². The topological polar surface area (TPSA) is 21.3 Å². The summed E-state index contributed by atoms with van der Waals surface area (Å²) in [7, 11) is 0. The SMILES string of the molecule is CCCNC(CC)c1cccc2c1OCC2. The number of hydrogen-bond donors (Lipinski definition) is 1. The van der Waals surface area contributed by atoms with Crippen LogP contribution in [0.25, 0.3) is 0 Å². The summed E-state index contributed by atoms with van der Waals surface area (Å²) < 4.78 is 5.75. The molecule has 1 aromatic rings. The van der Waals surface area contributed by atoms with E-state index in [1.807, 2.05) is 0 Å². The van der Waals surface area contributed by atoms with Crippen LogP contribution >= 0.6 is 0 Å². The van der Waals surface area contributed by atoms with Gasteiger partial charge >= 0.3 is 0 Å². The molecule has 0 saturated heterocycles. The van der Waals surface area contributed by atoms with Gasteiger partial charge in [-0.25, -0.2) is 0 Å². The number of rotatable bonds is 5. The van der Waals surface area contributed by atoms with Crippen LogP contribution in [0.1, 0.15) is 43.9 Å². The summed E-state index contributed by atoms with van der Waals surface area (Å²) in [5.41, 5.74) is 2.71. The Kier molecular flexibility index (Phi) is 3.83. The summed E-state index contributed by atoms with van der Waals surface area (Å²) in [5.74, 6) is 1.14. The molecule has 1 unspecified atom stereocenters. The van der Waals surface area contributed by atoms with E-state index >= 15 is 0 Å². The smallest absolute Gasteiger partial charge is 0.127 e. The Balaban J connectivity index is 2.21. The Labute approximate surface area is 98.0 Å². The maximum absolute atomic E-state index is 5.75. The molecule has 0 bridgehead atoms. The third kappa shape index (κ3) is 2.22. The van der Waals surface area contributed by atoms with Gasteiger partial charge in [0.25, 0.3) is 0 Å². The highest BCUT2D eigenvalue weighted by atomic mass is 16.5. The molecule has 0 amide bonds. The molecule has 2 heteroatoms. The molecule has 0 aliphatic carbocycles. The highest BCUT2D eigenvalue weighted by Gasteiger charge is 2.20. The van der Waals surface area contributed by atoms with Crippen molar-refractivity contribution in [1.82, 2.24) is 5.32 Å². The monoisotopic (exact) mass is 219 g/mol. The fourth-order valence-electron chi connectivity index (χ4n) is 2.31. The Bertz CT molecular complexity index is 349. The van der Waals surface area contributed by atoms with Crippen molar-refractivity contribution in [3.8, 4) is 5.75 Å². The van der Waals surface area contributed by atoms with E-state index in [1.165, 1.54) is 17.5 Å². The second-order valence-corrected chi connectivity index (χ2v) is 4.35. The van der Waals surface area contributed by atoms with Gasteiger partial charge in [0.15, 0.2) is 0 Å². The van der Waals surface area contributed by atoms with Crippen molar-refractivity contribution in [2.24, 2.45) is 0 Å². The molecular weight excluding hydrogens is 198 g/mol. The maximum Gasteiger partial charge on any atom is 0.127 e. The van der Waals surface area contributed by atoms with Gasteiger partial charge in [-0.3, -0.25) is 0 Å². The highest BCUT2D eigenvalue weighted by Crippen LogP contribution is 2.34. The van der Waals surface area contributed by atoms with Crippen molar-refractivity contribution in [2.75, 3.05) is 13.2 Å². The lowest BCUT2D eigenvalue weighted by Gasteiger charge is -2.19. The molecule has 0 spiro atoms. The molecule has 2 rings (SSSR count). The third-order valence-electron chi connectivity index (χ3n) is 3.17. The minimum Gasteiger partial charge on any atom is -0.493 e. The first kappa shape index (κ1) is 11.5. The van der Waals surface area contributed by atoms with E-state index < -0.39 is 0 Å². The molecule has 1 aliphatic heterocycles.